The van der Waals surface area contributed by atoms with Gasteiger partial charge in [0, 0.05) is 25.7 Å². The molecule has 0 spiro atoms. The van der Waals surface area contributed by atoms with E-state index in [1.54, 1.807) is 7.11 Å². The summed E-state index contributed by atoms with van der Waals surface area (Å²) in [6.07, 6.45) is 5.69. The summed E-state index contributed by atoms with van der Waals surface area (Å²) in [5.41, 5.74) is 6.31. The Morgan fingerprint density at radius 3 is 2.80 bits per heavy atom. The van der Waals surface area contributed by atoms with Crippen molar-refractivity contribution in [3.8, 4) is 0 Å². The van der Waals surface area contributed by atoms with Gasteiger partial charge in [0.2, 0.25) is 0 Å². The van der Waals surface area contributed by atoms with Crippen LogP contribution in [0, 0.1) is 11.8 Å². The van der Waals surface area contributed by atoms with E-state index in [0.29, 0.717) is 24.0 Å². The highest BCUT2D eigenvalue weighted by Gasteiger charge is 2.44. The SMILES string of the molecule is COCCC(C)C(N)C1CC2CCC1O2. The molecule has 88 valence electrons. The number of ether oxygens (including phenoxy) is 2. The Bertz CT molecular complexity index is 210. The summed E-state index contributed by atoms with van der Waals surface area (Å²) >= 11 is 0. The van der Waals surface area contributed by atoms with Gasteiger partial charge in [-0.25, -0.2) is 0 Å². The van der Waals surface area contributed by atoms with Crippen LogP contribution >= 0.6 is 0 Å². The maximum Gasteiger partial charge on any atom is 0.0623 e. The number of hydrogen-bond donors (Lipinski definition) is 1. The van der Waals surface area contributed by atoms with Gasteiger partial charge in [0.05, 0.1) is 12.2 Å². The fraction of sp³-hybridized carbons (Fsp3) is 1.00. The van der Waals surface area contributed by atoms with Crippen molar-refractivity contribution in [3.05, 3.63) is 0 Å². The Labute approximate surface area is 92.3 Å². The quantitative estimate of drug-likeness (QED) is 0.753. The first kappa shape index (κ1) is 11.4. The normalized spacial score (nSPS) is 38.2. The summed E-state index contributed by atoms with van der Waals surface area (Å²) in [6, 6.07) is 0.287. The molecule has 0 radical (unpaired) electrons. The zero-order valence-electron chi connectivity index (χ0n) is 9.82. The molecule has 0 aromatic rings. The first-order valence-electron chi connectivity index (χ1n) is 6.12. The number of nitrogens with two attached hydrogens (primary N) is 1. The lowest BCUT2D eigenvalue weighted by Crippen LogP contribution is -2.41. The Hall–Kier alpha value is -0.120. The van der Waals surface area contributed by atoms with Crippen molar-refractivity contribution in [1.82, 2.24) is 0 Å². The molecule has 2 rings (SSSR count). The number of hydrogen-bond acceptors (Lipinski definition) is 3. The van der Waals surface area contributed by atoms with Crippen LogP contribution in [-0.2, 0) is 9.47 Å². The standard InChI is InChI=1S/C12H23NO2/c1-8(5-6-14-2)12(13)10-7-9-3-4-11(10)15-9/h8-12H,3-7,13H2,1-2H3. The fourth-order valence-corrected chi connectivity index (χ4v) is 3.00. The summed E-state index contributed by atoms with van der Waals surface area (Å²) in [5.74, 6) is 1.13. The third-order valence-electron chi connectivity index (χ3n) is 4.08. The molecule has 0 aromatic heterocycles. The maximum atomic E-state index is 6.31. The van der Waals surface area contributed by atoms with Gasteiger partial charge >= 0.3 is 0 Å². The minimum atomic E-state index is 0.287. The van der Waals surface area contributed by atoms with Gasteiger partial charge in [0.1, 0.15) is 0 Å². The molecule has 5 unspecified atom stereocenters. The highest BCUT2D eigenvalue weighted by Crippen LogP contribution is 2.41. The predicted molar refractivity (Wildman–Crippen MR) is 59.6 cm³/mol. The lowest BCUT2D eigenvalue weighted by molar-refractivity contribution is 0.0819. The second kappa shape index (κ2) is 4.81. The molecular formula is C12H23NO2. The van der Waals surface area contributed by atoms with Crippen LogP contribution in [-0.4, -0.2) is 32.0 Å². The van der Waals surface area contributed by atoms with Crippen LogP contribution in [0.2, 0.25) is 0 Å². The van der Waals surface area contributed by atoms with Gasteiger partial charge in [0.25, 0.3) is 0 Å². The van der Waals surface area contributed by atoms with E-state index in [9.17, 15) is 0 Å². The van der Waals surface area contributed by atoms with E-state index in [1.165, 1.54) is 19.3 Å². The molecule has 5 atom stereocenters. The van der Waals surface area contributed by atoms with Crippen molar-refractivity contribution in [3.63, 3.8) is 0 Å². The topological polar surface area (TPSA) is 44.5 Å². The van der Waals surface area contributed by atoms with Crippen molar-refractivity contribution >= 4 is 0 Å². The van der Waals surface area contributed by atoms with Gasteiger partial charge < -0.3 is 15.2 Å². The summed E-state index contributed by atoms with van der Waals surface area (Å²) in [5, 5.41) is 0. The maximum absolute atomic E-state index is 6.31. The molecule has 2 saturated heterocycles. The van der Waals surface area contributed by atoms with Crippen molar-refractivity contribution in [2.75, 3.05) is 13.7 Å². The number of methoxy groups -OCH3 is 1. The summed E-state index contributed by atoms with van der Waals surface area (Å²) in [7, 11) is 1.75. The summed E-state index contributed by atoms with van der Waals surface area (Å²) in [6.45, 7) is 3.05. The van der Waals surface area contributed by atoms with Crippen LogP contribution in [0.5, 0.6) is 0 Å². The lowest BCUT2D eigenvalue weighted by atomic mass is 9.79. The molecule has 2 N–H and O–H groups in total. The van der Waals surface area contributed by atoms with Crippen LogP contribution < -0.4 is 5.73 Å². The Morgan fingerprint density at radius 1 is 1.47 bits per heavy atom. The van der Waals surface area contributed by atoms with Gasteiger partial charge in [-0.05, 0) is 31.6 Å². The molecule has 2 bridgehead atoms. The van der Waals surface area contributed by atoms with Crippen LogP contribution in [0.4, 0.5) is 0 Å². The van der Waals surface area contributed by atoms with Gasteiger partial charge in [-0.2, -0.15) is 0 Å². The van der Waals surface area contributed by atoms with E-state index in [0.717, 1.165) is 13.0 Å². The molecule has 3 heteroatoms. The first-order chi connectivity index (χ1) is 7.22. The highest BCUT2D eigenvalue weighted by atomic mass is 16.5. The molecule has 0 aliphatic carbocycles. The molecule has 15 heavy (non-hydrogen) atoms. The van der Waals surface area contributed by atoms with E-state index in [4.69, 9.17) is 15.2 Å². The van der Waals surface area contributed by atoms with Crippen LogP contribution in [0.25, 0.3) is 0 Å². The zero-order chi connectivity index (χ0) is 10.8. The fourth-order valence-electron chi connectivity index (χ4n) is 3.00. The van der Waals surface area contributed by atoms with E-state index in [2.05, 4.69) is 6.92 Å². The average Bonchev–Trinajstić information content (AvgIpc) is 2.86. The highest BCUT2D eigenvalue weighted by molar-refractivity contribution is 4.95. The molecule has 2 aliphatic heterocycles. The minimum absolute atomic E-state index is 0.287. The monoisotopic (exact) mass is 213 g/mol. The van der Waals surface area contributed by atoms with Crippen LogP contribution in [0.1, 0.15) is 32.6 Å². The minimum Gasteiger partial charge on any atom is -0.385 e. The first-order valence-corrected chi connectivity index (χ1v) is 6.12. The molecule has 0 aromatic carbocycles. The molecule has 3 nitrogen and oxygen atoms in total. The molecule has 0 amide bonds. The molecular weight excluding hydrogens is 190 g/mol. The third kappa shape index (κ3) is 2.35. The van der Waals surface area contributed by atoms with Crippen molar-refractivity contribution in [1.29, 1.82) is 0 Å². The van der Waals surface area contributed by atoms with Crippen molar-refractivity contribution in [2.24, 2.45) is 17.6 Å². The largest absolute Gasteiger partial charge is 0.385 e. The number of rotatable bonds is 5. The molecule has 2 aliphatic rings. The number of fused-ring (bicyclic) bond motifs is 2. The molecule has 0 saturated carbocycles. The van der Waals surface area contributed by atoms with Gasteiger partial charge in [0.15, 0.2) is 0 Å². The van der Waals surface area contributed by atoms with Gasteiger partial charge in [-0.15, -0.1) is 0 Å². The molecule has 2 heterocycles. The van der Waals surface area contributed by atoms with E-state index < -0.39 is 0 Å². The van der Waals surface area contributed by atoms with Gasteiger partial charge in [-0.1, -0.05) is 6.92 Å². The van der Waals surface area contributed by atoms with Crippen molar-refractivity contribution in [2.45, 2.75) is 50.9 Å². The predicted octanol–water partition coefficient (Wildman–Crippen LogP) is 1.55. The lowest BCUT2D eigenvalue weighted by Gasteiger charge is -2.29. The van der Waals surface area contributed by atoms with E-state index >= 15 is 0 Å². The average molecular weight is 213 g/mol. The summed E-state index contributed by atoms with van der Waals surface area (Å²) < 4.78 is 10.9. The van der Waals surface area contributed by atoms with Crippen LogP contribution in [0.3, 0.4) is 0 Å². The van der Waals surface area contributed by atoms with E-state index in [1.807, 2.05) is 0 Å². The van der Waals surface area contributed by atoms with Crippen molar-refractivity contribution < 1.29 is 9.47 Å². The second-order valence-corrected chi connectivity index (χ2v) is 5.11. The Balaban J connectivity index is 1.82. The van der Waals surface area contributed by atoms with E-state index in [-0.39, 0.29) is 6.04 Å². The summed E-state index contributed by atoms with van der Waals surface area (Å²) in [4.78, 5) is 0. The smallest absolute Gasteiger partial charge is 0.0623 e. The zero-order valence-corrected chi connectivity index (χ0v) is 9.82. The molecule has 2 fully saturated rings. The van der Waals surface area contributed by atoms with Gasteiger partial charge in [-0.3, -0.25) is 0 Å². The Morgan fingerprint density at radius 2 is 2.27 bits per heavy atom. The third-order valence-corrected chi connectivity index (χ3v) is 4.08. The van der Waals surface area contributed by atoms with Crippen LogP contribution in [0.15, 0.2) is 0 Å². The second-order valence-electron chi connectivity index (χ2n) is 5.11. The Kier molecular flexibility index (Phi) is 3.65.